The maximum Gasteiger partial charge on any atom is 0.0711 e. The van der Waals surface area contributed by atoms with Crippen LogP contribution < -0.4 is 0 Å². The Labute approximate surface area is 210 Å². The Morgan fingerprint density at radius 2 is 1.31 bits per heavy atom. The second-order valence-electron chi connectivity index (χ2n) is 9.04. The standard InChI is InChI=1S/C34H33N/c1-5-26(3)34(29-17-10-7-11-18-29)35-33(28-15-8-6-9-16-28)23-27(4)30-19-13-21-32(24-30)31-20-12-14-25(2)22-31/h6-24,26H,4-5H2,1-3H3/b33-23-,35-34?. The molecule has 0 fully saturated rings. The fraction of sp³-hybridized carbons (Fsp3) is 0.147. The monoisotopic (exact) mass is 455 g/mol. The number of hydrogen-bond acceptors (Lipinski definition) is 1. The van der Waals surface area contributed by atoms with E-state index in [1.807, 2.05) is 6.07 Å². The molecule has 0 saturated heterocycles. The summed E-state index contributed by atoms with van der Waals surface area (Å²) in [7, 11) is 0. The van der Waals surface area contributed by atoms with Crippen LogP contribution in [0, 0.1) is 12.8 Å². The normalized spacial score (nSPS) is 12.9. The van der Waals surface area contributed by atoms with Crippen molar-refractivity contribution in [1.29, 1.82) is 0 Å². The molecule has 174 valence electrons. The minimum absolute atomic E-state index is 0.336. The molecule has 0 aliphatic rings. The molecule has 0 aromatic heterocycles. The fourth-order valence-corrected chi connectivity index (χ4v) is 4.15. The number of aliphatic imine (C=N–C) groups is 1. The minimum atomic E-state index is 0.336. The van der Waals surface area contributed by atoms with Crippen molar-refractivity contribution in [3.63, 3.8) is 0 Å². The summed E-state index contributed by atoms with van der Waals surface area (Å²) >= 11 is 0. The molecule has 4 aromatic rings. The van der Waals surface area contributed by atoms with Crippen molar-refractivity contribution in [2.75, 3.05) is 0 Å². The highest BCUT2D eigenvalue weighted by atomic mass is 14.8. The van der Waals surface area contributed by atoms with Crippen LogP contribution in [0.4, 0.5) is 0 Å². The number of rotatable bonds is 8. The third-order valence-electron chi connectivity index (χ3n) is 6.35. The first-order chi connectivity index (χ1) is 17.0. The maximum absolute atomic E-state index is 5.26. The van der Waals surface area contributed by atoms with Crippen molar-refractivity contribution < 1.29 is 0 Å². The lowest BCUT2D eigenvalue weighted by Gasteiger charge is -2.15. The van der Waals surface area contributed by atoms with E-state index in [-0.39, 0.29) is 0 Å². The number of benzene rings is 4. The van der Waals surface area contributed by atoms with Crippen LogP contribution >= 0.6 is 0 Å². The van der Waals surface area contributed by atoms with E-state index in [9.17, 15) is 0 Å². The van der Waals surface area contributed by atoms with E-state index < -0.39 is 0 Å². The predicted molar refractivity (Wildman–Crippen MR) is 153 cm³/mol. The number of allylic oxidation sites excluding steroid dienone is 2. The fourth-order valence-electron chi connectivity index (χ4n) is 4.15. The summed E-state index contributed by atoms with van der Waals surface area (Å²) in [6.45, 7) is 11.0. The Morgan fingerprint density at radius 1 is 0.743 bits per heavy atom. The van der Waals surface area contributed by atoms with Crippen LogP contribution in [0.2, 0.25) is 0 Å². The Hall–Kier alpha value is -3.97. The van der Waals surface area contributed by atoms with E-state index >= 15 is 0 Å². The molecule has 1 heteroatoms. The van der Waals surface area contributed by atoms with E-state index in [4.69, 9.17) is 4.99 Å². The van der Waals surface area contributed by atoms with E-state index in [1.165, 1.54) is 16.7 Å². The van der Waals surface area contributed by atoms with Gasteiger partial charge in [-0.2, -0.15) is 0 Å². The van der Waals surface area contributed by atoms with Crippen LogP contribution in [0.5, 0.6) is 0 Å². The molecule has 0 aliphatic carbocycles. The third-order valence-corrected chi connectivity index (χ3v) is 6.35. The van der Waals surface area contributed by atoms with Crippen LogP contribution in [-0.2, 0) is 0 Å². The smallest absolute Gasteiger partial charge is 0.0711 e. The zero-order chi connectivity index (χ0) is 24.6. The number of nitrogens with zero attached hydrogens (tertiary/aromatic N) is 1. The van der Waals surface area contributed by atoms with Gasteiger partial charge in [-0.25, -0.2) is 0 Å². The molecule has 0 amide bonds. The van der Waals surface area contributed by atoms with Gasteiger partial charge in [-0.1, -0.05) is 129 Å². The van der Waals surface area contributed by atoms with Crippen LogP contribution in [0.25, 0.3) is 22.4 Å². The Balaban J connectivity index is 1.78. The van der Waals surface area contributed by atoms with Crippen molar-refractivity contribution in [2.45, 2.75) is 27.2 Å². The SMILES string of the molecule is C=C(/C=C(\N=C(c1ccccc1)C(C)CC)c1ccccc1)c1cccc(-c2cccc(C)c2)c1. The van der Waals surface area contributed by atoms with Crippen molar-refractivity contribution in [1.82, 2.24) is 0 Å². The summed E-state index contributed by atoms with van der Waals surface area (Å²) in [6.07, 6.45) is 3.14. The summed E-state index contributed by atoms with van der Waals surface area (Å²) in [5.41, 5.74) is 9.97. The summed E-state index contributed by atoms with van der Waals surface area (Å²) < 4.78 is 0. The van der Waals surface area contributed by atoms with Gasteiger partial charge in [-0.3, -0.25) is 4.99 Å². The van der Waals surface area contributed by atoms with Crippen molar-refractivity contribution in [3.05, 3.63) is 144 Å². The summed E-state index contributed by atoms with van der Waals surface area (Å²) in [5, 5.41) is 0. The third kappa shape index (κ3) is 6.13. The highest BCUT2D eigenvalue weighted by Gasteiger charge is 2.13. The molecule has 35 heavy (non-hydrogen) atoms. The molecule has 0 saturated carbocycles. The van der Waals surface area contributed by atoms with Gasteiger partial charge >= 0.3 is 0 Å². The van der Waals surface area contributed by atoms with Crippen LogP contribution in [0.3, 0.4) is 0 Å². The first-order valence-electron chi connectivity index (χ1n) is 12.3. The predicted octanol–water partition coefficient (Wildman–Crippen LogP) is 9.25. The van der Waals surface area contributed by atoms with Crippen molar-refractivity contribution in [2.24, 2.45) is 10.9 Å². The van der Waals surface area contributed by atoms with E-state index in [0.717, 1.165) is 40.1 Å². The molecule has 1 atom stereocenters. The van der Waals surface area contributed by atoms with Crippen LogP contribution in [0.1, 0.15) is 42.5 Å². The van der Waals surface area contributed by atoms with Gasteiger partial charge in [0.1, 0.15) is 0 Å². The average molecular weight is 456 g/mol. The molecule has 0 N–H and O–H groups in total. The molecule has 4 rings (SSSR count). The van der Waals surface area contributed by atoms with Gasteiger partial charge < -0.3 is 0 Å². The van der Waals surface area contributed by atoms with E-state index in [1.54, 1.807) is 0 Å². The molecule has 4 aromatic carbocycles. The largest absolute Gasteiger partial charge is 0.252 e. The second-order valence-corrected chi connectivity index (χ2v) is 9.04. The Kier molecular flexibility index (Phi) is 7.90. The van der Waals surface area contributed by atoms with Gasteiger partial charge in [0.2, 0.25) is 0 Å². The molecule has 1 nitrogen and oxygen atoms in total. The Morgan fingerprint density at radius 3 is 1.94 bits per heavy atom. The summed E-state index contributed by atoms with van der Waals surface area (Å²) in [6, 6.07) is 38.1. The first-order valence-corrected chi connectivity index (χ1v) is 12.3. The van der Waals surface area contributed by atoms with Gasteiger partial charge in [0, 0.05) is 5.56 Å². The number of hydrogen-bond donors (Lipinski definition) is 0. The van der Waals surface area contributed by atoms with Gasteiger partial charge in [-0.15, -0.1) is 0 Å². The maximum atomic E-state index is 5.26. The van der Waals surface area contributed by atoms with Gasteiger partial charge in [0.05, 0.1) is 11.4 Å². The van der Waals surface area contributed by atoms with Gasteiger partial charge in [-0.05, 0) is 59.2 Å². The minimum Gasteiger partial charge on any atom is -0.252 e. The first kappa shape index (κ1) is 24.2. The molecule has 0 heterocycles. The summed E-state index contributed by atoms with van der Waals surface area (Å²) in [4.78, 5) is 5.26. The molecule has 0 bridgehead atoms. The molecule has 0 radical (unpaired) electrons. The second kappa shape index (κ2) is 11.4. The van der Waals surface area contributed by atoms with Crippen LogP contribution in [-0.4, -0.2) is 5.71 Å². The molecule has 0 spiro atoms. The lowest BCUT2D eigenvalue weighted by molar-refractivity contribution is 0.740. The van der Waals surface area contributed by atoms with Gasteiger partial charge in [0.25, 0.3) is 0 Å². The quantitative estimate of drug-likeness (QED) is 0.185. The molecule has 0 aliphatic heterocycles. The van der Waals surface area contributed by atoms with Gasteiger partial charge in [0.15, 0.2) is 0 Å². The lowest BCUT2D eigenvalue weighted by atomic mass is 9.95. The molecular formula is C34H33N. The number of aryl methyl sites for hydroxylation is 1. The molecular weight excluding hydrogens is 422 g/mol. The van der Waals surface area contributed by atoms with Crippen molar-refractivity contribution in [3.8, 4) is 11.1 Å². The molecule has 1 unspecified atom stereocenters. The summed E-state index contributed by atoms with van der Waals surface area (Å²) in [5.74, 6) is 0.336. The zero-order valence-corrected chi connectivity index (χ0v) is 20.9. The Bertz CT molecular complexity index is 1340. The van der Waals surface area contributed by atoms with E-state index in [2.05, 4.69) is 137 Å². The zero-order valence-electron chi connectivity index (χ0n) is 20.9. The van der Waals surface area contributed by atoms with E-state index in [0.29, 0.717) is 5.92 Å². The highest BCUT2D eigenvalue weighted by molar-refractivity contribution is 6.05. The lowest BCUT2D eigenvalue weighted by Crippen LogP contribution is -2.12. The van der Waals surface area contributed by atoms with Crippen LogP contribution in [0.15, 0.2) is 127 Å². The average Bonchev–Trinajstić information content (AvgIpc) is 2.91. The highest BCUT2D eigenvalue weighted by Crippen LogP contribution is 2.28. The topological polar surface area (TPSA) is 12.4 Å². The van der Waals surface area contributed by atoms with Crippen molar-refractivity contribution >= 4 is 17.0 Å².